The van der Waals surface area contributed by atoms with E-state index in [1.54, 1.807) is 0 Å². The maximum atomic E-state index is 12.7. The molecule has 0 bridgehead atoms. The molecule has 1 aromatic carbocycles. The van der Waals surface area contributed by atoms with Gasteiger partial charge in [0, 0.05) is 6.54 Å². The summed E-state index contributed by atoms with van der Waals surface area (Å²) < 4.78 is 38.1. The zero-order chi connectivity index (χ0) is 17.8. The van der Waals surface area contributed by atoms with Crippen LogP contribution in [0.5, 0.6) is 0 Å². The third-order valence-electron chi connectivity index (χ3n) is 3.08. The maximum Gasteiger partial charge on any atom is 0.416 e. The number of hydrogen-bond acceptors (Lipinski definition) is 2. The van der Waals surface area contributed by atoms with Crippen LogP contribution in [0.3, 0.4) is 0 Å². The lowest BCUT2D eigenvalue weighted by atomic mass is 9.91. The smallest absolute Gasteiger partial charge is 0.352 e. The Morgan fingerprint density at radius 1 is 1.26 bits per heavy atom. The lowest BCUT2D eigenvalue weighted by molar-refractivity contribution is -0.139. The van der Waals surface area contributed by atoms with Gasteiger partial charge in [0.15, 0.2) is 0 Å². The summed E-state index contributed by atoms with van der Waals surface area (Å²) in [5.74, 6) is -1.36. The van der Waals surface area contributed by atoms with Crippen LogP contribution in [0.4, 0.5) is 18.9 Å². The second-order valence-corrected chi connectivity index (χ2v) is 5.68. The van der Waals surface area contributed by atoms with Crippen molar-refractivity contribution in [2.75, 3.05) is 11.9 Å². The number of carbonyl (C=O) groups excluding carboxylic acids is 2. The Morgan fingerprint density at radius 3 is 2.39 bits per heavy atom. The van der Waals surface area contributed by atoms with E-state index in [1.807, 2.05) is 0 Å². The van der Waals surface area contributed by atoms with E-state index in [4.69, 9.17) is 11.6 Å². The molecule has 1 aromatic rings. The molecule has 8 heteroatoms. The molecule has 23 heavy (non-hydrogen) atoms. The Labute approximate surface area is 136 Å². The van der Waals surface area contributed by atoms with Crippen molar-refractivity contribution in [3.63, 3.8) is 0 Å². The fraction of sp³-hybridized carbons (Fsp3) is 0.333. The van der Waals surface area contributed by atoms with Crippen molar-refractivity contribution in [1.29, 1.82) is 0 Å². The summed E-state index contributed by atoms with van der Waals surface area (Å²) in [4.78, 5) is 24.1. The van der Waals surface area contributed by atoms with Gasteiger partial charge in [-0.1, -0.05) is 17.7 Å². The molecule has 0 saturated heterocycles. The van der Waals surface area contributed by atoms with Crippen LogP contribution in [0.1, 0.15) is 19.4 Å². The van der Waals surface area contributed by atoms with E-state index in [0.29, 0.717) is 0 Å². The van der Waals surface area contributed by atoms with Gasteiger partial charge < -0.3 is 10.6 Å². The Morgan fingerprint density at radius 2 is 1.87 bits per heavy atom. The zero-order valence-corrected chi connectivity index (χ0v) is 13.3. The topological polar surface area (TPSA) is 58.2 Å². The van der Waals surface area contributed by atoms with E-state index in [1.165, 1.54) is 19.9 Å². The SMILES string of the molecule is C=CCNC(=O)C(C)(C)C(=O)Nc1cc(C(F)(F)F)ccc1Cl. The summed E-state index contributed by atoms with van der Waals surface area (Å²) >= 11 is 5.81. The Bertz CT molecular complexity index is 628. The Hall–Kier alpha value is -2.02. The van der Waals surface area contributed by atoms with E-state index in [0.717, 1.165) is 18.2 Å². The molecule has 126 valence electrons. The van der Waals surface area contributed by atoms with Crippen molar-refractivity contribution < 1.29 is 22.8 Å². The van der Waals surface area contributed by atoms with Crippen LogP contribution in [-0.4, -0.2) is 18.4 Å². The molecule has 2 amide bonds. The minimum absolute atomic E-state index is 0.0614. The standard InChI is InChI=1S/C15H16ClF3N2O2/c1-4-7-20-12(22)14(2,3)13(23)21-11-8-9(15(17,18)19)5-6-10(11)16/h4-6,8H,1,7H2,2-3H3,(H,20,22)(H,21,23). The number of benzene rings is 1. The second kappa shape index (κ2) is 7.04. The number of anilines is 1. The maximum absolute atomic E-state index is 12.7. The van der Waals surface area contributed by atoms with Gasteiger partial charge in [-0.25, -0.2) is 0 Å². The molecule has 0 aromatic heterocycles. The van der Waals surface area contributed by atoms with Gasteiger partial charge in [-0.2, -0.15) is 13.2 Å². The first-order valence-corrected chi connectivity index (χ1v) is 6.95. The predicted molar refractivity (Wildman–Crippen MR) is 82.1 cm³/mol. The molecule has 2 N–H and O–H groups in total. The van der Waals surface area contributed by atoms with Crippen LogP contribution < -0.4 is 10.6 Å². The third kappa shape index (κ3) is 4.72. The molecule has 0 saturated carbocycles. The molecule has 0 heterocycles. The molecular formula is C15H16ClF3N2O2. The van der Waals surface area contributed by atoms with Gasteiger partial charge in [-0.3, -0.25) is 9.59 Å². The van der Waals surface area contributed by atoms with Crippen molar-refractivity contribution in [3.05, 3.63) is 41.4 Å². The second-order valence-electron chi connectivity index (χ2n) is 5.27. The first-order chi connectivity index (χ1) is 10.5. The van der Waals surface area contributed by atoms with E-state index in [-0.39, 0.29) is 17.3 Å². The Balaban J connectivity index is 3.00. The van der Waals surface area contributed by atoms with Crippen LogP contribution in [0, 0.1) is 5.41 Å². The number of rotatable bonds is 5. The molecule has 0 atom stereocenters. The minimum Gasteiger partial charge on any atom is -0.352 e. The van der Waals surface area contributed by atoms with Crippen molar-refractivity contribution >= 4 is 29.1 Å². The summed E-state index contributed by atoms with van der Waals surface area (Å²) in [6.45, 7) is 6.30. The van der Waals surface area contributed by atoms with Gasteiger partial charge in [0.05, 0.1) is 16.3 Å². The Kier molecular flexibility index (Phi) is 5.82. The van der Waals surface area contributed by atoms with E-state index in [9.17, 15) is 22.8 Å². The summed E-state index contributed by atoms with van der Waals surface area (Å²) in [7, 11) is 0. The summed E-state index contributed by atoms with van der Waals surface area (Å²) in [6.07, 6.45) is -3.13. The highest BCUT2D eigenvalue weighted by molar-refractivity contribution is 6.34. The van der Waals surface area contributed by atoms with Crippen molar-refractivity contribution in [2.24, 2.45) is 5.41 Å². The highest BCUT2D eigenvalue weighted by atomic mass is 35.5. The van der Waals surface area contributed by atoms with Gasteiger partial charge in [-0.15, -0.1) is 6.58 Å². The average molecular weight is 349 g/mol. The molecule has 0 aliphatic carbocycles. The number of halogens is 4. The lowest BCUT2D eigenvalue weighted by Crippen LogP contribution is -2.45. The lowest BCUT2D eigenvalue weighted by Gasteiger charge is -2.23. The summed E-state index contributed by atoms with van der Waals surface area (Å²) in [5, 5.41) is 4.66. The van der Waals surface area contributed by atoms with E-state index < -0.39 is 29.0 Å². The monoisotopic (exact) mass is 348 g/mol. The number of carbonyl (C=O) groups is 2. The predicted octanol–water partition coefficient (Wildman–Crippen LogP) is 3.63. The quantitative estimate of drug-likeness (QED) is 0.630. The van der Waals surface area contributed by atoms with Crippen LogP contribution in [0.25, 0.3) is 0 Å². The third-order valence-corrected chi connectivity index (χ3v) is 3.41. The van der Waals surface area contributed by atoms with Gasteiger partial charge in [0.25, 0.3) is 0 Å². The number of amides is 2. The molecule has 0 aliphatic rings. The first-order valence-electron chi connectivity index (χ1n) is 6.57. The molecule has 0 radical (unpaired) electrons. The fourth-order valence-corrected chi connectivity index (χ4v) is 1.73. The molecule has 1 rings (SSSR count). The van der Waals surface area contributed by atoms with Crippen LogP contribution in [0.2, 0.25) is 5.02 Å². The molecule has 0 fully saturated rings. The zero-order valence-electron chi connectivity index (χ0n) is 12.6. The average Bonchev–Trinajstić information content (AvgIpc) is 2.45. The molecule has 0 unspecified atom stereocenters. The highest BCUT2D eigenvalue weighted by Gasteiger charge is 2.37. The van der Waals surface area contributed by atoms with Gasteiger partial charge >= 0.3 is 6.18 Å². The molecule has 0 spiro atoms. The van der Waals surface area contributed by atoms with Crippen LogP contribution in [0.15, 0.2) is 30.9 Å². The van der Waals surface area contributed by atoms with Gasteiger partial charge in [0.2, 0.25) is 11.8 Å². The molecule has 0 aliphatic heterocycles. The van der Waals surface area contributed by atoms with Crippen molar-refractivity contribution in [1.82, 2.24) is 5.32 Å². The van der Waals surface area contributed by atoms with E-state index >= 15 is 0 Å². The normalized spacial score (nSPS) is 11.7. The van der Waals surface area contributed by atoms with E-state index in [2.05, 4.69) is 17.2 Å². The van der Waals surface area contributed by atoms with Crippen molar-refractivity contribution in [2.45, 2.75) is 20.0 Å². The molecular weight excluding hydrogens is 333 g/mol. The largest absolute Gasteiger partial charge is 0.416 e. The summed E-state index contributed by atoms with van der Waals surface area (Å²) in [6, 6.07) is 2.56. The van der Waals surface area contributed by atoms with Crippen LogP contribution in [-0.2, 0) is 15.8 Å². The first kappa shape index (κ1) is 19.0. The fourth-order valence-electron chi connectivity index (χ4n) is 1.56. The number of hydrogen-bond donors (Lipinski definition) is 2. The molecule has 4 nitrogen and oxygen atoms in total. The number of alkyl halides is 3. The number of nitrogens with one attached hydrogen (secondary N) is 2. The highest BCUT2D eigenvalue weighted by Crippen LogP contribution is 2.34. The van der Waals surface area contributed by atoms with Crippen molar-refractivity contribution in [3.8, 4) is 0 Å². The van der Waals surface area contributed by atoms with Gasteiger partial charge in [-0.05, 0) is 32.0 Å². The van der Waals surface area contributed by atoms with Gasteiger partial charge in [0.1, 0.15) is 5.41 Å². The summed E-state index contributed by atoms with van der Waals surface area (Å²) in [5.41, 5.74) is -2.66. The minimum atomic E-state index is -4.57. The van der Waals surface area contributed by atoms with Crippen LogP contribution >= 0.6 is 11.6 Å².